The van der Waals surface area contributed by atoms with E-state index in [-0.39, 0.29) is 11.8 Å². The second-order valence-electron chi connectivity index (χ2n) is 6.58. The Morgan fingerprint density at radius 3 is 2.81 bits per heavy atom. The molecule has 0 saturated carbocycles. The van der Waals surface area contributed by atoms with Gasteiger partial charge in [0.15, 0.2) is 0 Å². The van der Waals surface area contributed by atoms with Crippen LogP contribution in [0.5, 0.6) is 11.5 Å². The van der Waals surface area contributed by atoms with Gasteiger partial charge >= 0.3 is 0 Å². The SMILES string of the molecule is COc1ccccc1C(=O)N1CCCC2(C1)NC(=O)c1ccccc1O2. The molecule has 134 valence electrons. The van der Waals surface area contributed by atoms with Gasteiger partial charge in [-0.05, 0) is 30.7 Å². The van der Waals surface area contributed by atoms with Crippen LogP contribution in [-0.2, 0) is 0 Å². The number of fused-ring (bicyclic) bond motifs is 1. The van der Waals surface area contributed by atoms with Crippen molar-refractivity contribution < 1.29 is 19.1 Å². The third-order valence-corrected chi connectivity index (χ3v) is 4.86. The molecule has 0 aliphatic carbocycles. The first kappa shape index (κ1) is 16.4. The van der Waals surface area contributed by atoms with E-state index in [0.717, 1.165) is 6.42 Å². The van der Waals surface area contributed by atoms with Crippen LogP contribution in [0.3, 0.4) is 0 Å². The molecule has 2 aliphatic heterocycles. The van der Waals surface area contributed by atoms with E-state index >= 15 is 0 Å². The Morgan fingerprint density at radius 1 is 1.19 bits per heavy atom. The van der Waals surface area contributed by atoms with Crippen LogP contribution in [0.1, 0.15) is 33.6 Å². The van der Waals surface area contributed by atoms with Gasteiger partial charge in [0, 0.05) is 13.0 Å². The van der Waals surface area contributed by atoms with Gasteiger partial charge in [-0.2, -0.15) is 0 Å². The molecule has 1 N–H and O–H groups in total. The highest BCUT2D eigenvalue weighted by molar-refractivity contribution is 5.99. The number of amides is 2. The second kappa shape index (κ2) is 6.37. The number of rotatable bonds is 2. The summed E-state index contributed by atoms with van der Waals surface area (Å²) >= 11 is 0. The Labute approximate surface area is 151 Å². The third-order valence-electron chi connectivity index (χ3n) is 4.86. The van der Waals surface area contributed by atoms with Gasteiger partial charge in [-0.1, -0.05) is 24.3 Å². The fourth-order valence-corrected chi connectivity index (χ4v) is 3.63. The number of piperidine rings is 1. The number of nitrogens with one attached hydrogen (secondary N) is 1. The normalized spacial score (nSPS) is 21.6. The highest BCUT2D eigenvalue weighted by atomic mass is 16.5. The number of hydrogen-bond donors (Lipinski definition) is 1. The standard InChI is InChI=1S/C20H20N2O4/c1-25-16-9-4-3-8-15(16)19(24)22-12-6-11-20(13-22)21-18(23)14-7-2-5-10-17(14)26-20/h2-5,7-10H,6,11-13H2,1H3,(H,21,23). The number of hydrogen-bond acceptors (Lipinski definition) is 4. The molecule has 1 unspecified atom stereocenters. The first-order chi connectivity index (χ1) is 12.6. The number of methoxy groups -OCH3 is 1. The van der Waals surface area contributed by atoms with Gasteiger partial charge in [-0.25, -0.2) is 0 Å². The van der Waals surface area contributed by atoms with Crippen molar-refractivity contribution >= 4 is 11.8 Å². The van der Waals surface area contributed by atoms with Gasteiger partial charge in [-0.3, -0.25) is 9.59 Å². The van der Waals surface area contributed by atoms with E-state index in [0.29, 0.717) is 42.1 Å². The van der Waals surface area contributed by atoms with Crippen LogP contribution in [0, 0.1) is 0 Å². The molecule has 0 aromatic heterocycles. The van der Waals surface area contributed by atoms with Crippen molar-refractivity contribution in [3.05, 3.63) is 59.7 Å². The highest BCUT2D eigenvalue weighted by Gasteiger charge is 2.44. The number of carbonyl (C=O) groups excluding carboxylic acids is 2. The molecule has 1 fully saturated rings. The van der Waals surface area contributed by atoms with Crippen molar-refractivity contribution in [1.82, 2.24) is 10.2 Å². The number of benzene rings is 2. The topological polar surface area (TPSA) is 67.9 Å². The van der Waals surface area contributed by atoms with E-state index in [1.165, 1.54) is 0 Å². The Kier molecular flexibility index (Phi) is 4.03. The van der Waals surface area contributed by atoms with Gasteiger partial charge in [-0.15, -0.1) is 0 Å². The molecule has 0 bridgehead atoms. The van der Waals surface area contributed by atoms with E-state index in [1.807, 2.05) is 18.2 Å². The molecular formula is C20H20N2O4. The summed E-state index contributed by atoms with van der Waals surface area (Å²) in [5, 5.41) is 2.97. The molecular weight excluding hydrogens is 332 g/mol. The van der Waals surface area contributed by atoms with Crippen molar-refractivity contribution in [3.63, 3.8) is 0 Å². The summed E-state index contributed by atoms with van der Waals surface area (Å²) in [6.07, 6.45) is 1.39. The largest absolute Gasteiger partial charge is 0.496 e. The third kappa shape index (κ3) is 2.77. The minimum atomic E-state index is -0.888. The van der Waals surface area contributed by atoms with Gasteiger partial charge in [0.05, 0.1) is 24.8 Å². The number of ether oxygens (including phenoxy) is 2. The Bertz CT molecular complexity index is 866. The Morgan fingerprint density at radius 2 is 1.96 bits per heavy atom. The highest BCUT2D eigenvalue weighted by Crippen LogP contribution is 2.33. The Balaban J connectivity index is 1.60. The second-order valence-corrected chi connectivity index (χ2v) is 6.58. The average Bonchev–Trinajstić information content (AvgIpc) is 2.67. The van der Waals surface area contributed by atoms with E-state index in [9.17, 15) is 9.59 Å². The maximum Gasteiger partial charge on any atom is 0.258 e. The fourth-order valence-electron chi connectivity index (χ4n) is 3.63. The molecule has 26 heavy (non-hydrogen) atoms. The van der Waals surface area contributed by atoms with E-state index < -0.39 is 5.72 Å². The van der Waals surface area contributed by atoms with Crippen molar-refractivity contribution in [3.8, 4) is 11.5 Å². The molecule has 2 heterocycles. The molecule has 0 radical (unpaired) electrons. The summed E-state index contributed by atoms with van der Waals surface area (Å²) in [6.45, 7) is 0.906. The summed E-state index contributed by atoms with van der Waals surface area (Å²) in [4.78, 5) is 27.2. The average molecular weight is 352 g/mol. The van der Waals surface area contributed by atoms with Crippen LogP contribution in [0.2, 0.25) is 0 Å². The van der Waals surface area contributed by atoms with Crippen molar-refractivity contribution in [2.24, 2.45) is 0 Å². The first-order valence-electron chi connectivity index (χ1n) is 8.65. The lowest BCUT2D eigenvalue weighted by Gasteiger charge is -2.45. The smallest absolute Gasteiger partial charge is 0.258 e. The minimum absolute atomic E-state index is 0.127. The molecule has 1 atom stereocenters. The van der Waals surface area contributed by atoms with E-state index in [2.05, 4.69) is 5.32 Å². The first-order valence-corrected chi connectivity index (χ1v) is 8.65. The van der Waals surface area contributed by atoms with E-state index in [4.69, 9.17) is 9.47 Å². The summed E-state index contributed by atoms with van der Waals surface area (Å²) in [7, 11) is 1.55. The molecule has 6 nitrogen and oxygen atoms in total. The van der Waals surface area contributed by atoms with Gasteiger partial charge in [0.1, 0.15) is 11.5 Å². The Hall–Kier alpha value is -3.02. The monoisotopic (exact) mass is 352 g/mol. The summed E-state index contributed by atoms with van der Waals surface area (Å²) in [5.41, 5.74) is 0.141. The summed E-state index contributed by atoms with van der Waals surface area (Å²) < 4.78 is 11.5. The number of likely N-dealkylation sites (tertiary alicyclic amines) is 1. The van der Waals surface area contributed by atoms with Crippen molar-refractivity contribution in [2.45, 2.75) is 18.6 Å². The molecule has 1 spiro atoms. The number of para-hydroxylation sites is 2. The van der Waals surface area contributed by atoms with Crippen molar-refractivity contribution in [2.75, 3.05) is 20.2 Å². The summed E-state index contributed by atoms with van der Waals surface area (Å²) in [6, 6.07) is 14.3. The zero-order chi connectivity index (χ0) is 18.1. The molecule has 1 saturated heterocycles. The fraction of sp³-hybridized carbons (Fsp3) is 0.300. The molecule has 2 amide bonds. The number of nitrogens with zero attached hydrogens (tertiary/aromatic N) is 1. The predicted octanol–water partition coefficient (Wildman–Crippen LogP) is 2.45. The van der Waals surface area contributed by atoms with Gasteiger partial charge in [0.25, 0.3) is 11.8 Å². The number of carbonyl (C=O) groups is 2. The quantitative estimate of drug-likeness (QED) is 0.901. The van der Waals surface area contributed by atoms with Crippen LogP contribution in [-0.4, -0.2) is 42.6 Å². The van der Waals surface area contributed by atoms with Gasteiger partial charge in [0.2, 0.25) is 5.72 Å². The van der Waals surface area contributed by atoms with Gasteiger partial charge < -0.3 is 19.7 Å². The van der Waals surface area contributed by atoms with Crippen LogP contribution >= 0.6 is 0 Å². The molecule has 2 aromatic carbocycles. The molecule has 2 aliphatic rings. The van der Waals surface area contributed by atoms with Crippen LogP contribution in [0.4, 0.5) is 0 Å². The zero-order valence-electron chi connectivity index (χ0n) is 14.5. The maximum absolute atomic E-state index is 13.0. The van der Waals surface area contributed by atoms with Crippen LogP contribution < -0.4 is 14.8 Å². The van der Waals surface area contributed by atoms with Crippen LogP contribution in [0.25, 0.3) is 0 Å². The molecule has 2 aromatic rings. The maximum atomic E-state index is 13.0. The zero-order valence-corrected chi connectivity index (χ0v) is 14.5. The lowest BCUT2D eigenvalue weighted by atomic mass is 9.97. The molecule has 6 heteroatoms. The lowest BCUT2D eigenvalue weighted by Crippen LogP contribution is -2.64. The minimum Gasteiger partial charge on any atom is -0.496 e. The van der Waals surface area contributed by atoms with E-state index in [1.54, 1.807) is 42.3 Å². The molecule has 4 rings (SSSR count). The summed E-state index contributed by atoms with van der Waals surface area (Å²) in [5.74, 6) is 0.801. The lowest BCUT2D eigenvalue weighted by molar-refractivity contribution is -0.0314. The van der Waals surface area contributed by atoms with Crippen molar-refractivity contribution in [1.29, 1.82) is 0 Å². The predicted molar refractivity (Wildman–Crippen MR) is 95.4 cm³/mol. The van der Waals surface area contributed by atoms with Crippen LogP contribution in [0.15, 0.2) is 48.5 Å².